The Morgan fingerprint density at radius 3 is 1.81 bits per heavy atom. The van der Waals surface area contributed by atoms with Crippen LogP contribution in [0.15, 0.2) is 36.5 Å². The van der Waals surface area contributed by atoms with Crippen LogP contribution in [-0.2, 0) is 14.3 Å². The van der Waals surface area contributed by atoms with Crippen LogP contribution in [0.5, 0.6) is 0 Å². The summed E-state index contributed by atoms with van der Waals surface area (Å²) in [5.41, 5.74) is 0. The number of aliphatic carboxylic acids is 1. The van der Waals surface area contributed by atoms with Crippen molar-refractivity contribution in [3.05, 3.63) is 36.5 Å². The summed E-state index contributed by atoms with van der Waals surface area (Å²) in [5.74, 6) is -0.788. The van der Waals surface area contributed by atoms with Crippen molar-refractivity contribution in [1.82, 2.24) is 0 Å². The predicted molar refractivity (Wildman–Crippen MR) is 153 cm³/mol. The van der Waals surface area contributed by atoms with Gasteiger partial charge >= 0.3 is 11.9 Å². The Morgan fingerprint density at radius 2 is 1.17 bits per heavy atom. The summed E-state index contributed by atoms with van der Waals surface area (Å²) >= 11 is 0. The monoisotopic (exact) mass is 504 g/mol. The first-order valence-corrected chi connectivity index (χ1v) is 15.0. The molecule has 0 rings (SSSR count). The highest BCUT2D eigenvalue weighted by molar-refractivity contribution is 5.69. The van der Waals surface area contributed by atoms with Gasteiger partial charge in [0.25, 0.3) is 0 Å². The van der Waals surface area contributed by atoms with Gasteiger partial charge in [-0.15, -0.1) is 0 Å². The molecule has 0 bridgehead atoms. The quantitative estimate of drug-likeness (QED) is 0.0723. The van der Waals surface area contributed by atoms with Crippen molar-refractivity contribution in [2.45, 2.75) is 155 Å². The van der Waals surface area contributed by atoms with Crippen LogP contribution in [0.2, 0.25) is 0 Å². The van der Waals surface area contributed by atoms with E-state index in [-0.39, 0.29) is 18.5 Å². The molecule has 0 spiro atoms. The molecule has 1 N–H and O–H groups in total. The molecule has 0 aliphatic carbocycles. The molecule has 0 fully saturated rings. The Hall–Kier alpha value is -1.84. The highest BCUT2D eigenvalue weighted by Crippen LogP contribution is 2.17. The number of ether oxygens (including phenoxy) is 1. The van der Waals surface area contributed by atoms with Gasteiger partial charge in [-0.1, -0.05) is 102 Å². The second-order valence-electron chi connectivity index (χ2n) is 9.91. The van der Waals surface area contributed by atoms with E-state index in [4.69, 9.17) is 9.84 Å². The van der Waals surface area contributed by atoms with Gasteiger partial charge < -0.3 is 9.84 Å². The van der Waals surface area contributed by atoms with Crippen LogP contribution in [0.1, 0.15) is 149 Å². The van der Waals surface area contributed by atoms with Gasteiger partial charge in [0.05, 0.1) is 0 Å². The van der Waals surface area contributed by atoms with Gasteiger partial charge in [0, 0.05) is 12.8 Å². The van der Waals surface area contributed by atoms with Crippen molar-refractivity contribution in [3.63, 3.8) is 0 Å². The predicted octanol–water partition coefficient (Wildman–Crippen LogP) is 9.88. The molecule has 0 radical (unpaired) electrons. The molecular weight excluding hydrogens is 448 g/mol. The number of carbonyl (C=O) groups excluding carboxylic acids is 1. The number of allylic oxidation sites excluding steroid dienone is 6. The molecule has 0 saturated heterocycles. The van der Waals surface area contributed by atoms with Gasteiger partial charge in [0.1, 0.15) is 6.10 Å². The zero-order valence-corrected chi connectivity index (χ0v) is 23.6. The minimum absolute atomic E-state index is 0.00176. The molecule has 0 aliphatic rings. The third-order valence-electron chi connectivity index (χ3n) is 6.38. The lowest BCUT2D eigenvalue weighted by Gasteiger charge is -2.18. The number of esters is 1. The molecule has 0 aromatic carbocycles. The largest absolute Gasteiger partial charge is 0.481 e. The zero-order valence-electron chi connectivity index (χ0n) is 23.6. The summed E-state index contributed by atoms with van der Waals surface area (Å²) in [6, 6.07) is 0. The van der Waals surface area contributed by atoms with Crippen molar-refractivity contribution in [3.8, 4) is 0 Å². The van der Waals surface area contributed by atoms with Crippen LogP contribution in [-0.4, -0.2) is 23.1 Å². The Bertz CT molecular complexity index is 591. The van der Waals surface area contributed by atoms with Gasteiger partial charge in [0.15, 0.2) is 0 Å². The average molecular weight is 505 g/mol. The summed E-state index contributed by atoms with van der Waals surface area (Å²) in [5, 5.41) is 8.75. The highest BCUT2D eigenvalue weighted by atomic mass is 16.5. The van der Waals surface area contributed by atoms with Gasteiger partial charge in [-0.25, -0.2) is 0 Å². The van der Waals surface area contributed by atoms with Crippen LogP contribution in [0.4, 0.5) is 0 Å². The highest BCUT2D eigenvalue weighted by Gasteiger charge is 2.14. The fraction of sp³-hybridized carbons (Fsp3) is 0.750. The Labute approximate surface area is 222 Å². The number of hydrogen-bond acceptors (Lipinski definition) is 3. The van der Waals surface area contributed by atoms with Crippen LogP contribution >= 0.6 is 0 Å². The van der Waals surface area contributed by atoms with Gasteiger partial charge in [-0.05, 0) is 70.6 Å². The summed E-state index contributed by atoms with van der Waals surface area (Å²) < 4.78 is 5.78. The minimum atomic E-state index is -0.733. The molecule has 0 amide bonds. The molecule has 0 saturated carbocycles. The van der Waals surface area contributed by atoms with Crippen molar-refractivity contribution in [1.29, 1.82) is 0 Å². The maximum absolute atomic E-state index is 12.3. The SMILES string of the molecule is CC/C=C\C/C=C\C/C=C\CCCCCCCCCC(=O)OC(CCCCC)CCCCCC(=O)O. The normalized spacial score (nSPS) is 12.7. The summed E-state index contributed by atoms with van der Waals surface area (Å²) in [4.78, 5) is 22.9. The summed E-state index contributed by atoms with van der Waals surface area (Å²) in [7, 11) is 0. The van der Waals surface area contributed by atoms with Crippen molar-refractivity contribution in [2.75, 3.05) is 0 Å². The molecule has 0 aromatic rings. The average Bonchev–Trinajstić information content (AvgIpc) is 2.85. The van der Waals surface area contributed by atoms with Crippen LogP contribution < -0.4 is 0 Å². The number of rotatable bonds is 26. The van der Waals surface area contributed by atoms with E-state index >= 15 is 0 Å². The van der Waals surface area contributed by atoms with Crippen molar-refractivity contribution in [2.24, 2.45) is 0 Å². The van der Waals surface area contributed by atoms with Crippen molar-refractivity contribution >= 4 is 11.9 Å². The van der Waals surface area contributed by atoms with Crippen LogP contribution in [0.25, 0.3) is 0 Å². The fourth-order valence-corrected chi connectivity index (χ4v) is 4.20. The van der Waals surface area contributed by atoms with Gasteiger partial charge in [-0.2, -0.15) is 0 Å². The second kappa shape index (κ2) is 27.7. The number of carbonyl (C=O) groups is 2. The molecule has 4 heteroatoms. The lowest BCUT2D eigenvalue weighted by atomic mass is 10.0. The van der Waals surface area contributed by atoms with E-state index in [1.807, 2.05) is 0 Å². The minimum Gasteiger partial charge on any atom is -0.481 e. The van der Waals surface area contributed by atoms with E-state index in [1.54, 1.807) is 0 Å². The Kier molecular flexibility index (Phi) is 26.3. The number of carboxylic acid groups (broad SMARTS) is 1. The fourth-order valence-electron chi connectivity index (χ4n) is 4.20. The lowest BCUT2D eigenvalue weighted by Crippen LogP contribution is -2.18. The van der Waals surface area contributed by atoms with E-state index in [1.165, 1.54) is 38.5 Å². The van der Waals surface area contributed by atoms with Gasteiger partial charge in [0.2, 0.25) is 0 Å². The van der Waals surface area contributed by atoms with E-state index in [2.05, 4.69) is 50.3 Å². The number of carboxylic acids is 1. The standard InChI is InChI=1S/C32H56O4/c1-3-5-7-8-9-10-11-12-13-14-15-16-17-18-19-20-25-29-32(35)36-30(26-22-6-4-2)27-23-21-24-28-31(33)34/h5,7,9-10,12-13,30H,3-4,6,8,11,14-29H2,1-2H3,(H,33,34)/b7-5-,10-9-,13-12-. The maximum atomic E-state index is 12.3. The van der Waals surface area contributed by atoms with Crippen LogP contribution in [0.3, 0.4) is 0 Å². The van der Waals surface area contributed by atoms with Crippen LogP contribution in [0, 0.1) is 0 Å². The maximum Gasteiger partial charge on any atom is 0.306 e. The first-order valence-electron chi connectivity index (χ1n) is 15.0. The first-order chi connectivity index (χ1) is 17.6. The van der Waals surface area contributed by atoms with E-state index < -0.39 is 5.97 Å². The van der Waals surface area contributed by atoms with E-state index in [0.717, 1.165) is 77.0 Å². The molecule has 0 heterocycles. The lowest BCUT2D eigenvalue weighted by molar-refractivity contribution is -0.150. The third-order valence-corrected chi connectivity index (χ3v) is 6.38. The molecule has 208 valence electrons. The molecule has 1 atom stereocenters. The molecule has 0 aliphatic heterocycles. The summed E-state index contributed by atoms with van der Waals surface area (Å²) in [6.45, 7) is 4.34. The van der Waals surface area contributed by atoms with E-state index in [0.29, 0.717) is 12.8 Å². The molecule has 4 nitrogen and oxygen atoms in total. The molecule has 1 unspecified atom stereocenters. The second-order valence-corrected chi connectivity index (χ2v) is 9.91. The molecular formula is C32H56O4. The number of hydrogen-bond donors (Lipinski definition) is 1. The van der Waals surface area contributed by atoms with E-state index in [9.17, 15) is 9.59 Å². The first kappa shape index (κ1) is 34.2. The number of unbranched alkanes of at least 4 members (excludes halogenated alkanes) is 11. The smallest absolute Gasteiger partial charge is 0.306 e. The Morgan fingerprint density at radius 1 is 0.639 bits per heavy atom. The Balaban J connectivity index is 3.73. The molecule has 0 aromatic heterocycles. The topological polar surface area (TPSA) is 63.6 Å². The van der Waals surface area contributed by atoms with Crippen molar-refractivity contribution < 1.29 is 19.4 Å². The van der Waals surface area contributed by atoms with Gasteiger partial charge in [-0.3, -0.25) is 9.59 Å². The zero-order chi connectivity index (χ0) is 26.5. The summed E-state index contributed by atoms with van der Waals surface area (Å²) in [6.07, 6.45) is 34.6. The third kappa shape index (κ3) is 26.8. The molecule has 36 heavy (non-hydrogen) atoms.